The van der Waals surface area contributed by atoms with Gasteiger partial charge in [0.05, 0.1) is 23.4 Å². The van der Waals surface area contributed by atoms with Crippen LogP contribution in [0, 0.1) is 0 Å². The molecule has 1 saturated heterocycles. The van der Waals surface area contributed by atoms with Crippen LogP contribution in [0.1, 0.15) is 12.8 Å². The molecule has 0 radical (unpaired) electrons. The number of hydrogen-bond donors (Lipinski definition) is 1. The van der Waals surface area contributed by atoms with Crippen molar-refractivity contribution in [3.63, 3.8) is 0 Å². The third kappa shape index (κ3) is 5.65. The van der Waals surface area contributed by atoms with E-state index in [4.69, 9.17) is 32.5 Å². The highest BCUT2D eigenvalue weighted by molar-refractivity contribution is 6.36. The molecule has 0 saturated carbocycles. The minimum atomic E-state index is 0.448. The molecule has 1 aliphatic heterocycles. The maximum atomic E-state index is 6.35. The second-order valence-electron chi connectivity index (χ2n) is 7.68. The molecule has 0 amide bonds. The summed E-state index contributed by atoms with van der Waals surface area (Å²) in [7, 11) is 1.63. The van der Waals surface area contributed by atoms with E-state index in [1.54, 1.807) is 13.2 Å². The number of rotatable bonds is 9. The lowest BCUT2D eigenvalue weighted by atomic mass is 10.2. The fourth-order valence-corrected chi connectivity index (χ4v) is 4.36. The van der Waals surface area contributed by atoms with Crippen molar-refractivity contribution in [1.29, 1.82) is 0 Å². The van der Waals surface area contributed by atoms with E-state index in [0.29, 0.717) is 27.6 Å². The quantitative estimate of drug-likeness (QED) is 0.433. The molecule has 0 spiro atoms. The number of benzene rings is 2. The van der Waals surface area contributed by atoms with Crippen molar-refractivity contribution in [2.45, 2.75) is 12.8 Å². The van der Waals surface area contributed by atoms with Crippen LogP contribution >= 0.6 is 23.2 Å². The lowest BCUT2D eigenvalue weighted by Crippen LogP contribution is -2.46. The number of halogens is 2. The Hall–Kier alpha value is -2.48. The molecule has 1 aromatic heterocycles. The molecule has 0 unspecified atom stereocenters. The zero-order valence-electron chi connectivity index (χ0n) is 18.1. The SMILES string of the molecule is COc1ccccc1-c1nc(NCCCCN2CCN(c3ccc(Cl)cc3Cl)CC2)no1. The third-order valence-electron chi connectivity index (χ3n) is 5.57. The molecule has 3 aromatic rings. The van der Waals surface area contributed by atoms with Gasteiger partial charge in [0.25, 0.3) is 11.8 Å². The second kappa shape index (κ2) is 10.9. The van der Waals surface area contributed by atoms with E-state index in [9.17, 15) is 0 Å². The number of ether oxygens (including phenoxy) is 1. The third-order valence-corrected chi connectivity index (χ3v) is 6.11. The van der Waals surface area contributed by atoms with Gasteiger partial charge < -0.3 is 19.5 Å². The number of piperazine rings is 1. The minimum Gasteiger partial charge on any atom is -0.496 e. The van der Waals surface area contributed by atoms with Crippen LogP contribution in [0.15, 0.2) is 47.0 Å². The number of para-hydroxylation sites is 1. The van der Waals surface area contributed by atoms with Crippen molar-refractivity contribution < 1.29 is 9.26 Å². The first-order chi connectivity index (χ1) is 15.6. The Morgan fingerprint density at radius 1 is 1.06 bits per heavy atom. The zero-order chi connectivity index (χ0) is 22.3. The Bertz CT molecular complexity index is 1020. The second-order valence-corrected chi connectivity index (χ2v) is 8.53. The Balaban J connectivity index is 1.16. The Morgan fingerprint density at radius 3 is 2.66 bits per heavy atom. The van der Waals surface area contributed by atoms with Gasteiger partial charge in [0, 0.05) is 37.7 Å². The minimum absolute atomic E-state index is 0.448. The summed E-state index contributed by atoms with van der Waals surface area (Å²) in [5.74, 6) is 1.66. The van der Waals surface area contributed by atoms with Gasteiger partial charge >= 0.3 is 0 Å². The summed E-state index contributed by atoms with van der Waals surface area (Å²) in [4.78, 5) is 9.24. The fourth-order valence-electron chi connectivity index (χ4n) is 3.84. The van der Waals surface area contributed by atoms with Crippen LogP contribution in [-0.4, -0.2) is 61.4 Å². The number of unbranched alkanes of at least 4 members (excludes halogenated alkanes) is 1. The largest absolute Gasteiger partial charge is 0.496 e. The average molecular weight is 476 g/mol. The molecule has 9 heteroatoms. The summed E-state index contributed by atoms with van der Waals surface area (Å²) in [6.45, 7) is 5.86. The van der Waals surface area contributed by atoms with E-state index in [1.165, 1.54) is 0 Å². The summed E-state index contributed by atoms with van der Waals surface area (Å²) < 4.78 is 10.7. The highest BCUT2D eigenvalue weighted by Gasteiger charge is 2.19. The average Bonchev–Trinajstić information content (AvgIpc) is 3.28. The molecule has 2 heterocycles. The Kier molecular flexibility index (Phi) is 7.73. The van der Waals surface area contributed by atoms with Crippen molar-refractivity contribution in [1.82, 2.24) is 15.0 Å². The highest BCUT2D eigenvalue weighted by atomic mass is 35.5. The van der Waals surface area contributed by atoms with Crippen molar-refractivity contribution in [3.05, 3.63) is 52.5 Å². The van der Waals surface area contributed by atoms with Crippen LogP contribution in [0.25, 0.3) is 11.5 Å². The first kappa shape index (κ1) is 22.7. The maximum Gasteiger partial charge on any atom is 0.263 e. The molecule has 0 bridgehead atoms. The van der Waals surface area contributed by atoms with Crippen LogP contribution in [0.4, 0.5) is 11.6 Å². The van der Waals surface area contributed by atoms with Crippen LogP contribution in [0.3, 0.4) is 0 Å². The lowest BCUT2D eigenvalue weighted by Gasteiger charge is -2.36. The molecule has 0 aliphatic carbocycles. The van der Waals surface area contributed by atoms with E-state index in [2.05, 4.69) is 25.3 Å². The van der Waals surface area contributed by atoms with E-state index in [-0.39, 0.29) is 0 Å². The predicted molar refractivity (Wildman–Crippen MR) is 129 cm³/mol. The van der Waals surface area contributed by atoms with Gasteiger partial charge in [0.1, 0.15) is 5.75 Å². The molecular formula is C23H27Cl2N5O2. The molecule has 170 valence electrons. The van der Waals surface area contributed by atoms with Gasteiger partial charge in [-0.1, -0.05) is 35.3 Å². The van der Waals surface area contributed by atoms with E-state index in [0.717, 1.165) is 63.4 Å². The van der Waals surface area contributed by atoms with Crippen molar-refractivity contribution in [2.24, 2.45) is 0 Å². The molecule has 1 aliphatic rings. The highest BCUT2D eigenvalue weighted by Crippen LogP contribution is 2.30. The first-order valence-electron chi connectivity index (χ1n) is 10.8. The lowest BCUT2D eigenvalue weighted by molar-refractivity contribution is 0.254. The molecular weight excluding hydrogens is 449 g/mol. The number of anilines is 2. The Morgan fingerprint density at radius 2 is 1.88 bits per heavy atom. The number of nitrogens with zero attached hydrogens (tertiary/aromatic N) is 4. The van der Waals surface area contributed by atoms with Crippen LogP contribution in [0.2, 0.25) is 10.0 Å². The number of methoxy groups -OCH3 is 1. The molecule has 1 N–H and O–H groups in total. The fraction of sp³-hybridized carbons (Fsp3) is 0.391. The molecule has 2 aromatic carbocycles. The molecule has 32 heavy (non-hydrogen) atoms. The normalized spacial score (nSPS) is 14.5. The van der Waals surface area contributed by atoms with Crippen LogP contribution in [-0.2, 0) is 0 Å². The van der Waals surface area contributed by atoms with Gasteiger partial charge in [0.15, 0.2) is 0 Å². The number of hydrogen-bond acceptors (Lipinski definition) is 7. The standard InChI is InChI=1S/C23H27Cl2N5O2/c1-31-21-7-3-2-6-18(21)22-27-23(28-32-22)26-10-4-5-11-29-12-14-30(15-13-29)20-9-8-17(24)16-19(20)25/h2-3,6-9,16H,4-5,10-15H2,1H3,(H,26,28). The van der Waals surface area contributed by atoms with E-state index >= 15 is 0 Å². The number of aromatic nitrogens is 2. The smallest absolute Gasteiger partial charge is 0.263 e. The predicted octanol–water partition coefficient (Wildman–Crippen LogP) is 5.07. The van der Waals surface area contributed by atoms with Gasteiger partial charge in [0.2, 0.25) is 0 Å². The maximum absolute atomic E-state index is 6.35. The summed E-state index contributed by atoms with van der Waals surface area (Å²) in [6.07, 6.45) is 2.13. The van der Waals surface area contributed by atoms with Crippen molar-refractivity contribution >= 4 is 34.8 Å². The number of nitrogens with one attached hydrogen (secondary N) is 1. The van der Waals surface area contributed by atoms with E-state index in [1.807, 2.05) is 36.4 Å². The van der Waals surface area contributed by atoms with Gasteiger partial charge in [-0.05, 0) is 54.9 Å². The summed E-state index contributed by atoms with van der Waals surface area (Å²) in [5.41, 5.74) is 1.85. The molecule has 7 nitrogen and oxygen atoms in total. The monoisotopic (exact) mass is 475 g/mol. The first-order valence-corrected chi connectivity index (χ1v) is 11.5. The summed E-state index contributed by atoms with van der Waals surface area (Å²) >= 11 is 12.4. The van der Waals surface area contributed by atoms with Gasteiger partial charge in [-0.25, -0.2) is 0 Å². The van der Waals surface area contributed by atoms with E-state index < -0.39 is 0 Å². The van der Waals surface area contributed by atoms with Crippen molar-refractivity contribution in [2.75, 3.05) is 56.6 Å². The van der Waals surface area contributed by atoms with Crippen molar-refractivity contribution in [3.8, 4) is 17.2 Å². The Labute approximate surface area is 198 Å². The summed E-state index contributed by atoms with van der Waals surface area (Å²) in [6, 6.07) is 13.3. The van der Waals surface area contributed by atoms with Crippen LogP contribution in [0.5, 0.6) is 5.75 Å². The topological polar surface area (TPSA) is 66.7 Å². The molecule has 4 rings (SSSR count). The van der Waals surface area contributed by atoms with Gasteiger partial charge in [-0.15, -0.1) is 0 Å². The molecule has 0 atom stereocenters. The zero-order valence-corrected chi connectivity index (χ0v) is 19.6. The molecule has 1 fully saturated rings. The van der Waals surface area contributed by atoms with Gasteiger partial charge in [-0.3, -0.25) is 4.90 Å². The summed E-state index contributed by atoms with van der Waals surface area (Å²) in [5, 5.41) is 8.64. The van der Waals surface area contributed by atoms with Gasteiger partial charge in [-0.2, -0.15) is 4.98 Å². The van der Waals surface area contributed by atoms with Crippen LogP contribution < -0.4 is 15.0 Å².